The van der Waals surface area contributed by atoms with Gasteiger partial charge in [0.2, 0.25) is 5.95 Å². The van der Waals surface area contributed by atoms with Crippen LogP contribution in [0.2, 0.25) is 0 Å². The normalized spacial score (nSPS) is 10.9. The van der Waals surface area contributed by atoms with E-state index in [1.807, 2.05) is 79.7 Å². The number of methoxy groups -OCH3 is 2. The molecule has 0 aliphatic rings. The number of carbonyl (C=O) groups is 1. The third kappa shape index (κ3) is 5.50. The SMILES string of the molecule is COc1ccc(C=CC(=O)n2nc(-c3ccc(C)cc3)nc2NCc2ccc(OC)cc2)cc1. The van der Waals surface area contributed by atoms with Gasteiger partial charge >= 0.3 is 0 Å². The molecule has 7 nitrogen and oxygen atoms in total. The van der Waals surface area contributed by atoms with Gasteiger partial charge in [0.05, 0.1) is 14.2 Å². The van der Waals surface area contributed by atoms with Crippen LogP contribution in [-0.4, -0.2) is 34.9 Å². The van der Waals surface area contributed by atoms with Gasteiger partial charge in [0.15, 0.2) is 5.82 Å². The number of carbonyl (C=O) groups excluding carboxylic acids is 1. The van der Waals surface area contributed by atoms with E-state index in [1.54, 1.807) is 20.3 Å². The second-order valence-electron chi connectivity index (χ2n) is 7.68. The van der Waals surface area contributed by atoms with E-state index in [2.05, 4.69) is 15.4 Å². The van der Waals surface area contributed by atoms with Gasteiger partial charge in [0, 0.05) is 18.2 Å². The van der Waals surface area contributed by atoms with Crippen LogP contribution in [0.15, 0.2) is 78.9 Å². The summed E-state index contributed by atoms with van der Waals surface area (Å²) < 4.78 is 11.7. The average Bonchev–Trinajstić information content (AvgIpc) is 3.31. The van der Waals surface area contributed by atoms with Crippen molar-refractivity contribution in [2.24, 2.45) is 0 Å². The lowest BCUT2D eigenvalue weighted by Gasteiger charge is -2.07. The Morgan fingerprint density at radius 2 is 1.53 bits per heavy atom. The van der Waals surface area contributed by atoms with Crippen molar-refractivity contribution in [3.63, 3.8) is 0 Å². The van der Waals surface area contributed by atoms with Crippen LogP contribution in [0.3, 0.4) is 0 Å². The first-order valence-corrected chi connectivity index (χ1v) is 10.8. The Labute approximate surface area is 198 Å². The summed E-state index contributed by atoms with van der Waals surface area (Å²) in [5.41, 5.74) is 3.87. The minimum atomic E-state index is -0.307. The van der Waals surface area contributed by atoms with E-state index in [9.17, 15) is 4.79 Å². The second-order valence-corrected chi connectivity index (χ2v) is 7.68. The molecular weight excluding hydrogens is 428 g/mol. The maximum atomic E-state index is 13.0. The highest BCUT2D eigenvalue weighted by Gasteiger charge is 2.16. The summed E-state index contributed by atoms with van der Waals surface area (Å²) in [6.07, 6.45) is 3.22. The molecule has 0 saturated heterocycles. The fourth-order valence-corrected chi connectivity index (χ4v) is 3.28. The van der Waals surface area contributed by atoms with E-state index < -0.39 is 0 Å². The van der Waals surface area contributed by atoms with Gasteiger partial charge in [-0.1, -0.05) is 54.1 Å². The zero-order valence-corrected chi connectivity index (χ0v) is 19.4. The van der Waals surface area contributed by atoms with Gasteiger partial charge in [-0.25, -0.2) is 0 Å². The van der Waals surface area contributed by atoms with E-state index in [1.165, 1.54) is 10.8 Å². The molecule has 0 atom stereocenters. The molecular formula is C27H26N4O3. The Bertz CT molecular complexity index is 1280. The van der Waals surface area contributed by atoms with Gasteiger partial charge < -0.3 is 14.8 Å². The molecule has 1 aromatic heterocycles. The van der Waals surface area contributed by atoms with Crippen LogP contribution < -0.4 is 14.8 Å². The van der Waals surface area contributed by atoms with Gasteiger partial charge in [-0.05, 0) is 48.4 Å². The van der Waals surface area contributed by atoms with Crippen molar-refractivity contribution < 1.29 is 14.3 Å². The molecule has 0 aliphatic carbocycles. The van der Waals surface area contributed by atoms with E-state index in [0.29, 0.717) is 18.3 Å². The number of rotatable bonds is 8. The fourth-order valence-electron chi connectivity index (χ4n) is 3.28. The summed E-state index contributed by atoms with van der Waals surface area (Å²) in [6.45, 7) is 2.50. The lowest BCUT2D eigenvalue weighted by molar-refractivity contribution is 0.0957. The van der Waals surface area contributed by atoms with E-state index in [4.69, 9.17) is 9.47 Å². The number of nitrogens with zero attached hydrogens (tertiary/aromatic N) is 3. The van der Waals surface area contributed by atoms with E-state index >= 15 is 0 Å². The molecule has 0 aliphatic heterocycles. The number of anilines is 1. The number of ether oxygens (including phenoxy) is 2. The number of benzene rings is 3. The topological polar surface area (TPSA) is 78.3 Å². The first kappa shape index (κ1) is 22.8. The van der Waals surface area contributed by atoms with Crippen LogP contribution in [0.1, 0.15) is 21.5 Å². The summed E-state index contributed by atoms with van der Waals surface area (Å²) in [6, 6.07) is 23.0. The molecule has 1 heterocycles. The van der Waals surface area contributed by atoms with Crippen LogP contribution in [0.25, 0.3) is 17.5 Å². The molecule has 4 rings (SSSR count). The molecule has 4 aromatic rings. The maximum absolute atomic E-state index is 13.0. The Balaban J connectivity index is 1.59. The van der Waals surface area contributed by atoms with Crippen molar-refractivity contribution in [3.05, 3.63) is 95.6 Å². The standard InChI is InChI=1S/C27H26N4O3/c1-19-4-11-22(12-5-19)26-29-27(28-18-21-8-15-24(34-3)16-9-21)31(30-26)25(32)17-10-20-6-13-23(33-2)14-7-20/h4-17H,18H2,1-3H3,(H,28,29,30). The average molecular weight is 455 g/mol. The van der Waals surface area contributed by atoms with E-state index in [0.717, 1.165) is 33.8 Å². The Hall–Kier alpha value is -4.39. The Morgan fingerprint density at radius 3 is 2.15 bits per heavy atom. The molecule has 0 amide bonds. The van der Waals surface area contributed by atoms with Gasteiger partial charge in [-0.3, -0.25) is 4.79 Å². The monoisotopic (exact) mass is 454 g/mol. The predicted molar refractivity (Wildman–Crippen MR) is 133 cm³/mol. The first-order chi connectivity index (χ1) is 16.6. The van der Waals surface area contributed by atoms with Crippen LogP contribution in [0, 0.1) is 6.92 Å². The number of aryl methyl sites for hydroxylation is 1. The van der Waals surface area contributed by atoms with Crippen LogP contribution in [0.5, 0.6) is 11.5 Å². The number of aromatic nitrogens is 3. The van der Waals surface area contributed by atoms with Crippen molar-refractivity contribution in [2.75, 3.05) is 19.5 Å². The third-order valence-corrected chi connectivity index (χ3v) is 5.27. The van der Waals surface area contributed by atoms with Crippen LogP contribution >= 0.6 is 0 Å². The molecule has 0 fully saturated rings. The number of hydrogen-bond donors (Lipinski definition) is 1. The number of hydrogen-bond acceptors (Lipinski definition) is 6. The highest BCUT2D eigenvalue weighted by atomic mass is 16.5. The predicted octanol–water partition coefficient (Wildman–Crippen LogP) is 5.24. The maximum Gasteiger partial charge on any atom is 0.274 e. The lowest BCUT2D eigenvalue weighted by atomic mass is 10.1. The fraction of sp³-hybridized carbons (Fsp3) is 0.148. The van der Waals surface area contributed by atoms with Gasteiger partial charge in [-0.15, -0.1) is 5.10 Å². The molecule has 0 radical (unpaired) electrons. The third-order valence-electron chi connectivity index (χ3n) is 5.27. The van der Waals surface area contributed by atoms with E-state index in [-0.39, 0.29) is 5.91 Å². The molecule has 34 heavy (non-hydrogen) atoms. The van der Waals surface area contributed by atoms with Crippen molar-refractivity contribution in [3.8, 4) is 22.9 Å². The number of allylic oxidation sites excluding steroid dienone is 1. The second kappa shape index (κ2) is 10.5. The van der Waals surface area contributed by atoms with Gasteiger partial charge in [0.1, 0.15) is 11.5 Å². The molecule has 0 bridgehead atoms. The molecule has 1 N–H and O–H groups in total. The Morgan fingerprint density at radius 1 is 0.912 bits per heavy atom. The summed E-state index contributed by atoms with van der Waals surface area (Å²) in [7, 11) is 3.25. The van der Waals surface area contributed by atoms with Gasteiger partial charge in [0.25, 0.3) is 5.91 Å². The largest absolute Gasteiger partial charge is 0.497 e. The highest BCUT2D eigenvalue weighted by Crippen LogP contribution is 2.20. The zero-order valence-electron chi connectivity index (χ0n) is 19.4. The summed E-state index contributed by atoms with van der Waals surface area (Å²) in [5.74, 6) is 2.08. The van der Waals surface area contributed by atoms with Crippen molar-refractivity contribution in [1.82, 2.24) is 14.8 Å². The minimum Gasteiger partial charge on any atom is -0.497 e. The zero-order chi connectivity index (χ0) is 23.9. The number of nitrogens with one attached hydrogen (secondary N) is 1. The molecule has 3 aromatic carbocycles. The first-order valence-electron chi connectivity index (χ1n) is 10.8. The summed E-state index contributed by atoms with van der Waals surface area (Å²) in [4.78, 5) is 17.7. The molecule has 0 spiro atoms. The molecule has 172 valence electrons. The molecule has 0 saturated carbocycles. The van der Waals surface area contributed by atoms with Crippen molar-refractivity contribution in [1.29, 1.82) is 0 Å². The smallest absolute Gasteiger partial charge is 0.274 e. The summed E-state index contributed by atoms with van der Waals surface area (Å²) >= 11 is 0. The highest BCUT2D eigenvalue weighted by molar-refractivity contribution is 5.95. The summed E-state index contributed by atoms with van der Waals surface area (Å²) in [5, 5.41) is 7.73. The molecule has 7 heteroatoms. The lowest BCUT2D eigenvalue weighted by Crippen LogP contribution is -2.14. The Kier molecular flexibility index (Phi) is 7.03. The van der Waals surface area contributed by atoms with Crippen LogP contribution in [0.4, 0.5) is 5.95 Å². The minimum absolute atomic E-state index is 0.307. The van der Waals surface area contributed by atoms with Crippen molar-refractivity contribution in [2.45, 2.75) is 13.5 Å². The molecule has 0 unspecified atom stereocenters. The van der Waals surface area contributed by atoms with Crippen LogP contribution in [-0.2, 0) is 6.54 Å². The van der Waals surface area contributed by atoms with Crippen molar-refractivity contribution >= 4 is 17.9 Å². The van der Waals surface area contributed by atoms with Gasteiger partial charge in [-0.2, -0.15) is 9.67 Å². The quantitative estimate of drug-likeness (QED) is 0.367.